The standard InChI is InChI=1S/C25H31N3O2/c1-19(2)23-10-5-20(3)24(15-23)30-18-25(29)28-12-4-11-27(13-14-28)17-22-8-6-21(16-26)7-9-22/h5-10,15,19H,4,11-14,17-18H2,1-3H3. The van der Waals surface area contributed by atoms with Crippen LogP contribution in [0.15, 0.2) is 42.5 Å². The van der Waals surface area contributed by atoms with Gasteiger partial charge in [-0.2, -0.15) is 5.26 Å². The fraction of sp³-hybridized carbons (Fsp3) is 0.440. The summed E-state index contributed by atoms with van der Waals surface area (Å²) in [4.78, 5) is 17.0. The van der Waals surface area contributed by atoms with Crippen LogP contribution in [-0.4, -0.2) is 48.5 Å². The third-order valence-electron chi connectivity index (χ3n) is 5.66. The van der Waals surface area contributed by atoms with Gasteiger partial charge < -0.3 is 9.64 Å². The van der Waals surface area contributed by atoms with Gasteiger partial charge in [-0.25, -0.2) is 0 Å². The Kier molecular flexibility index (Phi) is 7.48. The molecule has 0 radical (unpaired) electrons. The molecule has 0 unspecified atom stereocenters. The smallest absolute Gasteiger partial charge is 0.260 e. The molecule has 0 N–H and O–H groups in total. The fourth-order valence-electron chi connectivity index (χ4n) is 3.68. The van der Waals surface area contributed by atoms with E-state index in [-0.39, 0.29) is 12.5 Å². The lowest BCUT2D eigenvalue weighted by Gasteiger charge is -2.22. The molecule has 5 nitrogen and oxygen atoms in total. The van der Waals surface area contributed by atoms with Gasteiger partial charge in [0.05, 0.1) is 11.6 Å². The molecular formula is C25H31N3O2. The summed E-state index contributed by atoms with van der Waals surface area (Å²) in [6, 6.07) is 16.1. The highest BCUT2D eigenvalue weighted by atomic mass is 16.5. The first-order chi connectivity index (χ1) is 14.5. The van der Waals surface area contributed by atoms with Crippen LogP contribution in [0.5, 0.6) is 5.75 Å². The van der Waals surface area contributed by atoms with E-state index in [1.54, 1.807) is 0 Å². The Balaban J connectivity index is 1.51. The van der Waals surface area contributed by atoms with Crippen molar-refractivity contribution in [3.63, 3.8) is 0 Å². The van der Waals surface area contributed by atoms with E-state index >= 15 is 0 Å². The second kappa shape index (κ2) is 10.3. The van der Waals surface area contributed by atoms with Crippen LogP contribution in [0.3, 0.4) is 0 Å². The van der Waals surface area contributed by atoms with Crippen molar-refractivity contribution in [3.8, 4) is 11.8 Å². The zero-order chi connectivity index (χ0) is 21.5. The van der Waals surface area contributed by atoms with E-state index in [2.05, 4.69) is 43.0 Å². The molecule has 1 amide bonds. The Labute approximate surface area is 179 Å². The van der Waals surface area contributed by atoms with Crippen LogP contribution in [0.1, 0.15) is 48.4 Å². The number of ether oxygens (including phenoxy) is 1. The van der Waals surface area contributed by atoms with E-state index in [0.717, 1.165) is 43.9 Å². The second-order valence-corrected chi connectivity index (χ2v) is 8.29. The van der Waals surface area contributed by atoms with Gasteiger partial charge >= 0.3 is 0 Å². The molecule has 0 aromatic heterocycles. The second-order valence-electron chi connectivity index (χ2n) is 8.29. The lowest BCUT2D eigenvalue weighted by atomic mass is 10.0. The first-order valence-corrected chi connectivity index (χ1v) is 10.7. The molecule has 0 bridgehead atoms. The maximum atomic E-state index is 12.7. The summed E-state index contributed by atoms with van der Waals surface area (Å²) in [7, 11) is 0. The van der Waals surface area contributed by atoms with Crippen molar-refractivity contribution in [2.45, 2.75) is 39.7 Å². The fourth-order valence-corrected chi connectivity index (χ4v) is 3.68. The van der Waals surface area contributed by atoms with E-state index in [9.17, 15) is 4.79 Å². The van der Waals surface area contributed by atoms with Crippen LogP contribution in [0.25, 0.3) is 0 Å². The van der Waals surface area contributed by atoms with E-state index in [1.807, 2.05) is 36.1 Å². The number of amides is 1. The summed E-state index contributed by atoms with van der Waals surface area (Å²) in [6.07, 6.45) is 0.948. The quantitative estimate of drug-likeness (QED) is 0.726. The Morgan fingerprint density at radius 2 is 1.87 bits per heavy atom. The molecule has 1 heterocycles. The molecule has 0 aliphatic carbocycles. The minimum absolute atomic E-state index is 0.0459. The lowest BCUT2D eigenvalue weighted by molar-refractivity contribution is -0.133. The number of carbonyl (C=O) groups excluding carboxylic acids is 1. The number of nitriles is 1. The average Bonchev–Trinajstić information content (AvgIpc) is 2.99. The van der Waals surface area contributed by atoms with Gasteiger partial charge in [0.2, 0.25) is 0 Å². The molecule has 1 aliphatic rings. The topological polar surface area (TPSA) is 56.6 Å². The molecule has 0 saturated carbocycles. The van der Waals surface area contributed by atoms with Crippen LogP contribution < -0.4 is 4.74 Å². The van der Waals surface area contributed by atoms with Crippen molar-refractivity contribution in [1.29, 1.82) is 5.26 Å². The normalized spacial score (nSPS) is 15.0. The van der Waals surface area contributed by atoms with Crippen molar-refractivity contribution in [2.75, 3.05) is 32.8 Å². The maximum Gasteiger partial charge on any atom is 0.260 e. The van der Waals surface area contributed by atoms with Crippen LogP contribution in [0, 0.1) is 18.3 Å². The molecule has 3 rings (SSSR count). The Bertz CT molecular complexity index is 900. The van der Waals surface area contributed by atoms with E-state index in [4.69, 9.17) is 10.00 Å². The van der Waals surface area contributed by atoms with E-state index in [1.165, 1.54) is 11.1 Å². The lowest BCUT2D eigenvalue weighted by Crippen LogP contribution is -2.38. The van der Waals surface area contributed by atoms with Crippen LogP contribution in [-0.2, 0) is 11.3 Å². The van der Waals surface area contributed by atoms with Crippen LogP contribution in [0.4, 0.5) is 0 Å². The van der Waals surface area contributed by atoms with Crippen LogP contribution >= 0.6 is 0 Å². The molecule has 30 heavy (non-hydrogen) atoms. The predicted octanol–water partition coefficient (Wildman–Crippen LogP) is 4.10. The molecule has 1 fully saturated rings. The van der Waals surface area contributed by atoms with Crippen LogP contribution in [0.2, 0.25) is 0 Å². The minimum atomic E-state index is 0.0459. The Morgan fingerprint density at radius 3 is 2.57 bits per heavy atom. The van der Waals surface area contributed by atoms with Gasteiger partial charge in [-0.15, -0.1) is 0 Å². The van der Waals surface area contributed by atoms with Gasteiger partial charge in [0.1, 0.15) is 5.75 Å². The molecule has 158 valence electrons. The number of hydrogen-bond donors (Lipinski definition) is 0. The van der Waals surface area contributed by atoms with Gasteiger partial charge in [-0.05, 0) is 54.2 Å². The molecule has 1 aliphatic heterocycles. The molecule has 2 aromatic carbocycles. The number of carbonyl (C=O) groups is 1. The summed E-state index contributed by atoms with van der Waals surface area (Å²) >= 11 is 0. The van der Waals surface area contributed by atoms with E-state index in [0.29, 0.717) is 18.0 Å². The Hall–Kier alpha value is -2.84. The summed E-state index contributed by atoms with van der Waals surface area (Å²) in [6.45, 7) is 10.5. The molecular weight excluding hydrogens is 374 g/mol. The van der Waals surface area contributed by atoms with Crippen molar-refractivity contribution in [1.82, 2.24) is 9.80 Å². The Morgan fingerprint density at radius 1 is 1.10 bits per heavy atom. The average molecular weight is 406 g/mol. The van der Waals surface area contributed by atoms with Gasteiger partial charge in [0.15, 0.2) is 6.61 Å². The van der Waals surface area contributed by atoms with Crippen molar-refractivity contribution in [3.05, 3.63) is 64.7 Å². The number of nitrogens with zero attached hydrogens (tertiary/aromatic N) is 3. The number of benzene rings is 2. The predicted molar refractivity (Wildman–Crippen MR) is 118 cm³/mol. The minimum Gasteiger partial charge on any atom is -0.483 e. The highest BCUT2D eigenvalue weighted by Crippen LogP contribution is 2.24. The van der Waals surface area contributed by atoms with Crippen molar-refractivity contribution in [2.24, 2.45) is 0 Å². The number of aryl methyl sites for hydroxylation is 1. The zero-order valence-electron chi connectivity index (χ0n) is 18.2. The summed E-state index contributed by atoms with van der Waals surface area (Å²) in [5.74, 6) is 1.27. The largest absolute Gasteiger partial charge is 0.483 e. The summed E-state index contributed by atoms with van der Waals surface area (Å²) < 4.78 is 5.90. The third kappa shape index (κ3) is 5.84. The first-order valence-electron chi connectivity index (χ1n) is 10.7. The maximum absolute atomic E-state index is 12.7. The molecule has 5 heteroatoms. The molecule has 2 aromatic rings. The monoisotopic (exact) mass is 405 g/mol. The van der Waals surface area contributed by atoms with Gasteiger partial charge in [-0.1, -0.05) is 38.1 Å². The highest BCUT2D eigenvalue weighted by molar-refractivity contribution is 5.77. The molecule has 1 saturated heterocycles. The number of rotatable bonds is 6. The molecule has 0 atom stereocenters. The van der Waals surface area contributed by atoms with Gasteiger partial charge in [-0.3, -0.25) is 9.69 Å². The number of hydrogen-bond acceptors (Lipinski definition) is 4. The summed E-state index contributed by atoms with van der Waals surface area (Å²) in [5.41, 5.74) is 4.14. The molecule has 0 spiro atoms. The van der Waals surface area contributed by atoms with Crippen molar-refractivity contribution >= 4 is 5.91 Å². The first kappa shape index (κ1) is 21.9. The zero-order valence-corrected chi connectivity index (χ0v) is 18.2. The third-order valence-corrected chi connectivity index (χ3v) is 5.66. The SMILES string of the molecule is Cc1ccc(C(C)C)cc1OCC(=O)N1CCCN(Cc2ccc(C#N)cc2)CC1. The van der Waals surface area contributed by atoms with Gasteiger partial charge in [0.25, 0.3) is 5.91 Å². The van der Waals surface area contributed by atoms with E-state index < -0.39 is 0 Å². The van der Waals surface area contributed by atoms with Gasteiger partial charge in [0, 0.05) is 32.7 Å². The van der Waals surface area contributed by atoms with Crippen molar-refractivity contribution < 1.29 is 9.53 Å². The highest BCUT2D eigenvalue weighted by Gasteiger charge is 2.20. The summed E-state index contributed by atoms with van der Waals surface area (Å²) in [5, 5.41) is 8.93.